The molecule has 1 aliphatic rings. The molecular formula is C14H23NO5. The Bertz CT molecular complexity index is 357. The molecule has 1 fully saturated rings. The number of amides is 1. The van der Waals surface area contributed by atoms with Gasteiger partial charge >= 0.3 is 5.97 Å². The first-order valence-electron chi connectivity index (χ1n) is 6.90. The molecule has 114 valence electrons. The summed E-state index contributed by atoms with van der Waals surface area (Å²) < 4.78 is 10.1. The highest BCUT2D eigenvalue weighted by molar-refractivity contribution is 6.06. The lowest BCUT2D eigenvalue weighted by molar-refractivity contribution is -0.156. The van der Waals surface area contributed by atoms with Gasteiger partial charge in [0.1, 0.15) is 6.61 Å². The fourth-order valence-electron chi connectivity index (χ4n) is 2.05. The minimum Gasteiger partial charge on any atom is -0.462 e. The van der Waals surface area contributed by atoms with Gasteiger partial charge in [0, 0.05) is 12.5 Å². The lowest BCUT2D eigenvalue weighted by Crippen LogP contribution is -2.40. The normalized spacial score (nSPS) is 24.0. The molecule has 0 spiro atoms. The number of aliphatic hydroxyl groups excluding tert-OH is 1. The Morgan fingerprint density at radius 3 is 2.75 bits per heavy atom. The number of hydrogen-bond donors (Lipinski definition) is 2. The summed E-state index contributed by atoms with van der Waals surface area (Å²) in [5.41, 5.74) is -1.10. The molecule has 2 N–H and O–H groups in total. The standard InChI is InChI=1S/C14H23NO5/c1-3-5-15-12(17)14(10-11(14)4-2)13(18)20-9-8-19-7-6-16/h4,11,16H,2-3,5-10H2,1H3,(H,15,17). The van der Waals surface area contributed by atoms with E-state index in [-0.39, 0.29) is 38.3 Å². The van der Waals surface area contributed by atoms with E-state index in [0.717, 1.165) is 6.42 Å². The molecule has 0 radical (unpaired) electrons. The highest BCUT2D eigenvalue weighted by Crippen LogP contribution is 2.54. The molecule has 0 aromatic carbocycles. The highest BCUT2D eigenvalue weighted by Gasteiger charge is 2.65. The first kappa shape index (κ1) is 16.7. The Morgan fingerprint density at radius 1 is 1.45 bits per heavy atom. The SMILES string of the molecule is C=CC1CC1(C(=O)NCCC)C(=O)OCCOCCO. The summed E-state index contributed by atoms with van der Waals surface area (Å²) in [7, 11) is 0. The number of carbonyl (C=O) groups excluding carboxylic acids is 2. The van der Waals surface area contributed by atoms with E-state index in [1.165, 1.54) is 0 Å². The van der Waals surface area contributed by atoms with Gasteiger partial charge in [0.15, 0.2) is 5.41 Å². The van der Waals surface area contributed by atoms with Gasteiger partial charge in [-0.3, -0.25) is 9.59 Å². The molecule has 0 aromatic heterocycles. The van der Waals surface area contributed by atoms with Crippen molar-refractivity contribution in [1.29, 1.82) is 0 Å². The second-order valence-corrected chi connectivity index (χ2v) is 4.75. The summed E-state index contributed by atoms with van der Waals surface area (Å²) in [5.74, 6) is -0.973. The van der Waals surface area contributed by atoms with Crippen molar-refractivity contribution in [2.75, 3.05) is 33.0 Å². The summed E-state index contributed by atoms with van der Waals surface area (Å²) >= 11 is 0. The van der Waals surface area contributed by atoms with Gasteiger partial charge in [-0.2, -0.15) is 0 Å². The Morgan fingerprint density at radius 2 is 2.20 bits per heavy atom. The van der Waals surface area contributed by atoms with Crippen LogP contribution in [0.15, 0.2) is 12.7 Å². The zero-order valence-electron chi connectivity index (χ0n) is 11.9. The third-order valence-electron chi connectivity index (χ3n) is 3.30. The van der Waals surface area contributed by atoms with Gasteiger partial charge in [0.2, 0.25) is 5.91 Å². The Hall–Kier alpha value is -1.40. The third-order valence-corrected chi connectivity index (χ3v) is 3.30. The van der Waals surface area contributed by atoms with Gasteiger partial charge in [-0.25, -0.2) is 0 Å². The highest BCUT2D eigenvalue weighted by atomic mass is 16.6. The summed E-state index contributed by atoms with van der Waals surface area (Å²) in [6.07, 6.45) is 2.88. The summed E-state index contributed by atoms with van der Waals surface area (Å²) in [5, 5.41) is 11.3. The van der Waals surface area contributed by atoms with Crippen molar-refractivity contribution in [3.63, 3.8) is 0 Å². The number of rotatable bonds is 10. The van der Waals surface area contributed by atoms with E-state index < -0.39 is 11.4 Å². The van der Waals surface area contributed by atoms with Crippen LogP contribution in [0.3, 0.4) is 0 Å². The van der Waals surface area contributed by atoms with Crippen LogP contribution < -0.4 is 5.32 Å². The van der Waals surface area contributed by atoms with Crippen molar-refractivity contribution in [3.8, 4) is 0 Å². The zero-order chi connectivity index (χ0) is 15.0. The van der Waals surface area contributed by atoms with E-state index in [2.05, 4.69) is 11.9 Å². The molecule has 2 atom stereocenters. The Labute approximate surface area is 119 Å². The van der Waals surface area contributed by atoms with Crippen LogP contribution in [-0.4, -0.2) is 50.0 Å². The summed E-state index contributed by atoms with van der Waals surface area (Å²) in [6.45, 7) is 6.54. The molecule has 2 unspecified atom stereocenters. The maximum Gasteiger partial charge on any atom is 0.322 e. The lowest BCUT2D eigenvalue weighted by atomic mass is 10.0. The molecular weight excluding hydrogens is 262 g/mol. The molecule has 0 saturated heterocycles. The smallest absolute Gasteiger partial charge is 0.322 e. The molecule has 1 aliphatic carbocycles. The predicted octanol–water partition coefficient (Wildman–Crippen LogP) is 0.257. The van der Waals surface area contributed by atoms with Crippen LogP contribution in [0.1, 0.15) is 19.8 Å². The third kappa shape index (κ3) is 3.80. The van der Waals surface area contributed by atoms with Crippen molar-refractivity contribution in [2.45, 2.75) is 19.8 Å². The second-order valence-electron chi connectivity index (χ2n) is 4.75. The molecule has 0 bridgehead atoms. The molecule has 0 heterocycles. The number of carbonyl (C=O) groups is 2. The minimum atomic E-state index is -1.10. The number of allylic oxidation sites excluding steroid dienone is 1. The van der Waals surface area contributed by atoms with E-state index in [1.54, 1.807) is 6.08 Å². The van der Waals surface area contributed by atoms with Crippen LogP contribution in [0.4, 0.5) is 0 Å². The topological polar surface area (TPSA) is 84.9 Å². The van der Waals surface area contributed by atoms with Crippen LogP contribution in [0, 0.1) is 11.3 Å². The Balaban J connectivity index is 2.47. The molecule has 6 heteroatoms. The Kier molecular flexibility index (Phi) is 6.67. The van der Waals surface area contributed by atoms with Gasteiger partial charge in [-0.1, -0.05) is 13.0 Å². The van der Waals surface area contributed by atoms with Crippen molar-refractivity contribution < 1.29 is 24.2 Å². The number of aliphatic hydroxyl groups is 1. The maximum atomic E-state index is 12.1. The molecule has 1 rings (SSSR count). The second kappa shape index (κ2) is 8.01. The van der Waals surface area contributed by atoms with Crippen molar-refractivity contribution >= 4 is 11.9 Å². The van der Waals surface area contributed by atoms with E-state index in [9.17, 15) is 9.59 Å². The molecule has 1 amide bonds. The predicted molar refractivity (Wildman–Crippen MR) is 72.9 cm³/mol. The van der Waals surface area contributed by atoms with Crippen LogP contribution in [0.25, 0.3) is 0 Å². The number of hydrogen-bond acceptors (Lipinski definition) is 5. The quantitative estimate of drug-likeness (QED) is 0.260. The van der Waals surface area contributed by atoms with Gasteiger partial charge in [-0.15, -0.1) is 6.58 Å². The minimum absolute atomic E-state index is 0.0736. The van der Waals surface area contributed by atoms with Crippen LogP contribution in [0.5, 0.6) is 0 Å². The fourth-order valence-corrected chi connectivity index (χ4v) is 2.05. The largest absolute Gasteiger partial charge is 0.462 e. The average Bonchev–Trinajstić information content (AvgIpc) is 3.20. The number of ether oxygens (including phenoxy) is 2. The zero-order valence-corrected chi connectivity index (χ0v) is 11.9. The fraction of sp³-hybridized carbons (Fsp3) is 0.714. The van der Waals surface area contributed by atoms with Crippen molar-refractivity contribution in [3.05, 3.63) is 12.7 Å². The number of nitrogens with one attached hydrogen (secondary N) is 1. The molecule has 1 saturated carbocycles. The average molecular weight is 285 g/mol. The molecule has 6 nitrogen and oxygen atoms in total. The maximum absolute atomic E-state index is 12.1. The van der Waals surface area contributed by atoms with Crippen LogP contribution >= 0.6 is 0 Å². The van der Waals surface area contributed by atoms with Crippen LogP contribution in [-0.2, 0) is 19.1 Å². The summed E-state index contributed by atoms with van der Waals surface area (Å²) in [6, 6.07) is 0. The number of esters is 1. The lowest BCUT2D eigenvalue weighted by Gasteiger charge is -2.15. The van der Waals surface area contributed by atoms with Gasteiger partial charge in [0.25, 0.3) is 0 Å². The van der Waals surface area contributed by atoms with Crippen molar-refractivity contribution in [1.82, 2.24) is 5.32 Å². The van der Waals surface area contributed by atoms with Crippen molar-refractivity contribution in [2.24, 2.45) is 11.3 Å². The molecule has 0 aliphatic heterocycles. The van der Waals surface area contributed by atoms with E-state index >= 15 is 0 Å². The molecule has 0 aromatic rings. The first-order chi connectivity index (χ1) is 9.63. The molecule has 20 heavy (non-hydrogen) atoms. The van der Waals surface area contributed by atoms with E-state index in [0.29, 0.717) is 13.0 Å². The van der Waals surface area contributed by atoms with Gasteiger partial charge in [-0.05, 0) is 12.8 Å². The first-order valence-corrected chi connectivity index (χ1v) is 6.90. The van der Waals surface area contributed by atoms with Gasteiger partial charge < -0.3 is 19.9 Å². The van der Waals surface area contributed by atoms with Gasteiger partial charge in [0.05, 0.1) is 19.8 Å². The summed E-state index contributed by atoms with van der Waals surface area (Å²) in [4.78, 5) is 24.2. The van der Waals surface area contributed by atoms with Crippen LogP contribution in [0.2, 0.25) is 0 Å². The monoisotopic (exact) mass is 285 g/mol. The van der Waals surface area contributed by atoms with E-state index in [4.69, 9.17) is 14.6 Å². The van der Waals surface area contributed by atoms with E-state index in [1.807, 2.05) is 6.92 Å².